The van der Waals surface area contributed by atoms with Gasteiger partial charge in [0.15, 0.2) is 0 Å². The number of nitrogens with zero attached hydrogens (tertiary/aromatic N) is 7. The van der Waals surface area contributed by atoms with Crippen LogP contribution in [0.3, 0.4) is 0 Å². The van der Waals surface area contributed by atoms with Crippen LogP contribution in [-0.4, -0.2) is 34.9 Å². The zero-order valence-corrected chi connectivity index (χ0v) is 70.7. The summed E-state index contributed by atoms with van der Waals surface area (Å²) >= 11 is 0. The van der Waals surface area contributed by atoms with Crippen molar-refractivity contribution in [3.63, 3.8) is 0 Å². The molecule has 7 aliphatic carbocycles. The van der Waals surface area contributed by atoms with Crippen LogP contribution in [0.25, 0.3) is 77.9 Å². The second-order valence-corrected chi connectivity index (χ2v) is 33.1. The molecule has 7 heterocycles. The van der Waals surface area contributed by atoms with Gasteiger partial charge in [0.2, 0.25) is 0 Å². The minimum Gasteiger partial charge on any atom is -0.264 e. The Hall–Kier alpha value is -11.4. The molecule has 7 aromatic carbocycles. The topological polar surface area (TPSA) is 90.2 Å². The summed E-state index contributed by atoms with van der Waals surface area (Å²) < 4.78 is 0. The van der Waals surface area contributed by atoms with Crippen LogP contribution in [0.1, 0.15) is 201 Å². The highest BCUT2D eigenvalue weighted by atomic mass is 14.7. The molecule has 0 amide bonds. The summed E-state index contributed by atoms with van der Waals surface area (Å²) in [6, 6.07) is 39.9. The molecule has 21 rings (SSSR count). The van der Waals surface area contributed by atoms with E-state index in [9.17, 15) is 0 Å². The van der Waals surface area contributed by atoms with E-state index in [1.807, 2.05) is 55.8 Å². The van der Waals surface area contributed by atoms with Crippen LogP contribution in [0, 0.1) is 152 Å². The smallest absolute Gasteiger partial charge is 0.0453 e. The molecule has 0 N–H and O–H groups in total. The van der Waals surface area contributed by atoms with Crippen molar-refractivity contribution < 1.29 is 0 Å². The molecule has 0 saturated heterocycles. The Bertz CT molecular complexity index is 6240. The first-order valence-electron chi connectivity index (χ1n) is 40.4. The maximum Gasteiger partial charge on any atom is 0.0453 e. The predicted molar refractivity (Wildman–Crippen MR) is 472 cm³/mol. The van der Waals surface area contributed by atoms with Crippen LogP contribution in [0.4, 0.5) is 0 Å². The molecule has 0 bridgehead atoms. The first-order chi connectivity index (χ1) is 54.1. The van der Waals surface area contributed by atoms with Crippen LogP contribution in [0.5, 0.6) is 0 Å². The Morgan fingerprint density at radius 3 is 1.17 bits per heavy atom. The molecule has 0 saturated carbocycles. The standard InChI is InChI=1S/2C16H17N.4C15H15N.C14H13N/c1-9-5-6-13-14(11(9)3)7-15-12(4)17-8-10(2)16(13)15;1-9-5-6-13-14(11(9)3)8-15-12(4)17-10(2)7-16(13)15;1-9-6-14-13(11(3)10(9)2)7-12-4-5-16-8-15(12)14;1-9-6-10(2)15-13(11(9)3)7-12-4-5-16-8-14(12)15;1-9-4-5-13-14(11(9)3)7-12-6-10(2)16-8-15(12)13;1-9-4-5-13-14(10(9)2)8-12-6-7-16-11(3)15(12)13;1-9-3-4-12-13(10(9)2)7-11-5-6-15-8-14(11)12/h5-6,8H,7H2,1-4H3;5-7H,8H2,1-4H3;3*4-6,8H,7H2,1-3H3;4-7H,8H2,1-3H3;3-6,8H,7H2,1-2H3. The Balaban J connectivity index is 0.000000104. The molecule has 0 atom stereocenters. The molecular weight excluding hydrogens is 1370 g/mol. The normalized spacial score (nSPS) is 12.4. The molecule has 0 radical (unpaired) electrons. The van der Waals surface area contributed by atoms with E-state index < -0.39 is 0 Å². The van der Waals surface area contributed by atoms with Gasteiger partial charge in [0.25, 0.3) is 0 Å². The van der Waals surface area contributed by atoms with E-state index in [1.54, 1.807) is 0 Å². The third-order valence-corrected chi connectivity index (χ3v) is 26.5. The lowest BCUT2D eigenvalue weighted by Gasteiger charge is -2.11. The van der Waals surface area contributed by atoms with Gasteiger partial charge in [-0.25, -0.2) is 0 Å². The van der Waals surface area contributed by atoms with E-state index in [0.717, 1.165) is 62.0 Å². The highest BCUT2D eigenvalue weighted by Gasteiger charge is 2.30. The van der Waals surface area contributed by atoms with E-state index in [2.05, 4.69) is 296 Å². The highest BCUT2D eigenvalue weighted by molar-refractivity contribution is 5.85. The lowest BCUT2D eigenvalue weighted by Crippen LogP contribution is -1.93. The quantitative estimate of drug-likeness (QED) is 0.149. The summed E-state index contributed by atoms with van der Waals surface area (Å²) in [6.07, 6.45) is 25.0. The number of hydrogen-bond donors (Lipinski definition) is 0. The molecule has 7 nitrogen and oxygen atoms in total. The molecule has 7 aliphatic rings. The number of hydrogen-bond acceptors (Lipinski definition) is 7. The van der Waals surface area contributed by atoms with Crippen molar-refractivity contribution >= 4 is 0 Å². The molecule has 113 heavy (non-hydrogen) atoms. The van der Waals surface area contributed by atoms with Gasteiger partial charge in [0, 0.05) is 125 Å². The first kappa shape index (κ1) is 76.9. The summed E-state index contributed by atoms with van der Waals surface area (Å²) in [6.45, 7) is 48.0. The van der Waals surface area contributed by atoms with Gasteiger partial charge >= 0.3 is 0 Å². The Labute approximate surface area is 671 Å². The largest absolute Gasteiger partial charge is 0.264 e. The van der Waals surface area contributed by atoms with E-state index in [-0.39, 0.29) is 0 Å². The monoisotopic (exact) mass is 1480 g/mol. The maximum absolute atomic E-state index is 4.58. The van der Waals surface area contributed by atoms with Gasteiger partial charge in [0.1, 0.15) is 0 Å². The van der Waals surface area contributed by atoms with Crippen LogP contribution in [-0.2, 0) is 44.9 Å². The van der Waals surface area contributed by atoms with E-state index >= 15 is 0 Å². The van der Waals surface area contributed by atoms with Gasteiger partial charge in [-0.15, -0.1) is 0 Å². The Morgan fingerprint density at radius 2 is 0.593 bits per heavy atom. The molecule has 14 aromatic rings. The Morgan fingerprint density at radius 1 is 0.195 bits per heavy atom. The summed E-state index contributed by atoms with van der Waals surface area (Å²) in [5.74, 6) is 0. The minimum atomic E-state index is 1.05. The van der Waals surface area contributed by atoms with Crippen molar-refractivity contribution in [3.8, 4) is 77.9 Å². The van der Waals surface area contributed by atoms with Crippen molar-refractivity contribution in [2.45, 2.75) is 197 Å². The zero-order valence-electron chi connectivity index (χ0n) is 70.7. The number of fused-ring (bicyclic) bond motifs is 21. The number of pyridine rings is 7. The van der Waals surface area contributed by atoms with Crippen molar-refractivity contribution in [2.75, 3.05) is 0 Å². The van der Waals surface area contributed by atoms with Gasteiger partial charge in [-0.1, -0.05) is 72.8 Å². The minimum absolute atomic E-state index is 1.05. The van der Waals surface area contributed by atoms with Crippen LogP contribution in [0.15, 0.2) is 165 Å². The van der Waals surface area contributed by atoms with Crippen LogP contribution in [0.2, 0.25) is 0 Å². The second kappa shape index (κ2) is 30.9. The number of rotatable bonds is 0. The molecule has 566 valence electrons. The molecule has 7 aromatic heterocycles. The number of benzene rings is 7. The summed E-state index contributed by atoms with van der Waals surface area (Å²) in [7, 11) is 0. The van der Waals surface area contributed by atoms with Crippen molar-refractivity contribution in [3.05, 3.63) is 366 Å². The highest BCUT2D eigenvalue weighted by Crippen LogP contribution is 2.47. The van der Waals surface area contributed by atoms with Gasteiger partial charge in [0.05, 0.1) is 0 Å². The third kappa shape index (κ3) is 14.2. The summed E-state index contributed by atoms with van der Waals surface area (Å²) in [4.78, 5) is 30.6. The fraction of sp³-hybridized carbons (Fsp3) is 0.274. The lowest BCUT2D eigenvalue weighted by atomic mass is 9.94. The molecule has 7 heteroatoms. The third-order valence-electron chi connectivity index (χ3n) is 26.5. The average Bonchev–Trinajstić information content (AvgIpc) is 1.61. The molecular formula is C106H107N7. The summed E-state index contributed by atoms with van der Waals surface area (Å²) in [5, 5.41) is 0. The van der Waals surface area contributed by atoms with Crippen molar-refractivity contribution in [2.24, 2.45) is 0 Å². The fourth-order valence-corrected chi connectivity index (χ4v) is 18.7. The first-order valence-corrected chi connectivity index (χ1v) is 40.4. The fourth-order valence-electron chi connectivity index (χ4n) is 18.7. The maximum atomic E-state index is 4.58. The van der Waals surface area contributed by atoms with Crippen molar-refractivity contribution in [1.82, 2.24) is 34.9 Å². The van der Waals surface area contributed by atoms with Gasteiger partial charge in [-0.3, -0.25) is 34.9 Å². The number of aromatic nitrogens is 7. The van der Waals surface area contributed by atoms with Crippen molar-refractivity contribution in [1.29, 1.82) is 0 Å². The van der Waals surface area contributed by atoms with Gasteiger partial charge in [-0.05, 0) is 443 Å². The Kier molecular flexibility index (Phi) is 21.1. The number of aryl methyl sites for hydroxylation is 14. The molecule has 0 fully saturated rings. The summed E-state index contributed by atoms with van der Waals surface area (Å²) in [5.41, 5.74) is 69.3. The zero-order chi connectivity index (χ0) is 79.9. The van der Waals surface area contributed by atoms with Crippen LogP contribution < -0.4 is 0 Å². The average molecular weight is 1480 g/mol. The van der Waals surface area contributed by atoms with E-state index in [4.69, 9.17) is 0 Å². The van der Waals surface area contributed by atoms with E-state index in [0.29, 0.717) is 0 Å². The van der Waals surface area contributed by atoms with Gasteiger partial charge < -0.3 is 0 Å². The molecule has 0 unspecified atom stereocenters. The molecule has 0 aliphatic heterocycles. The second-order valence-electron chi connectivity index (χ2n) is 33.1. The SMILES string of the molecule is Cc1cc(C)c2c(c1C)Cc1ccncc1-2.Cc1cc2c(c(C)c1C)Cc1ccncc1-2.Cc1cc2c(c(C)n1)Cc1c-2ccc(C)c1C.Cc1cc2c(cn1)-c1ccc(C)c(C)c1C2.Cc1ccc2c(c1C)Cc1c(C)ncc(C)c1-2.Cc1ccc2c(c1C)Cc1ccnc(C)c1-2.Cc1ccc2c(c1C)Cc1ccncc1-2. The lowest BCUT2D eigenvalue weighted by molar-refractivity contribution is 1.06. The van der Waals surface area contributed by atoms with E-state index in [1.165, 1.54) is 262 Å². The predicted octanol–water partition coefficient (Wildman–Crippen LogP) is 25.4. The molecule has 0 spiro atoms. The van der Waals surface area contributed by atoms with Gasteiger partial charge in [-0.2, -0.15) is 0 Å². The van der Waals surface area contributed by atoms with Crippen LogP contribution >= 0.6 is 0 Å².